The molecule has 2 aliphatic carbocycles. The molecule has 0 saturated heterocycles. The van der Waals surface area contributed by atoms with E-state index in [1.807, 2.05) is 0 Å². The van der Waals surface area contributed by atoms with Gasteiger partial charge in [-0.15, -0.1) is 0 Å². The molecule has 182 valence electrons. The average molecular weight is 441 g/mol. The molecular formula is C30H52N2. The molecule has 0 atom stereocenters. The Bertz CT molecular complexity index is 579. The lowest BCUT2D eigenvalue weighted by atomic mass is 9.68. The Labute approximate surface area is 199 Å². The standard InChI is InChI=1S/C30H52N2/c1-3-5-7-8-10-11-25-13-18-28(19-14-25)29-20-15-26(16-21-29)17-22-30-31-23-27(24-32-30)12-9-6-4-2/h23-26,28-29H,3-22H2,1-2H3/t25-,26-,28-,29-. The monoisotopic (exact) mass is 440 g/mol. The number of hydrogen-bond donors (Lipinski definition) is 0. The molecule has 2 saturated carbocycles. The predicted molar refractivity (Wildman–Crippen MR) is 138 cm³/mol. The molecule has 0 aromatic carbocycles. The van der Waals surface area contributed by atoms with E-state index in [0.29, 0.717) is 0 Å². The molecule has 1 aromatic rings. The molecule has 1 aromatic heterocycles. The van der Waals surface area contributed by atoms with Crippen molar-refractivity contribution in [1.29, 1.82) is 0 Å². The summed E-state index contributed by atoms with van der Waals surface area (Å²) in [5, 5.41) is 0. The molecule has 0 aliphatic heterocycles. The molecule has 2 heteroatoms. The van der Waals surface area contributed by atoms with Crippen LogP contribution in [0.3, 0.4) is 0 Å². The summed E-state index contributed by atoms with van der Waals surface area (Å²) in [4.78, 5) is 9.32. The second-order valence-corrected chi connectivity index (χ2v) is 11.3. The van der Waals surface area contributed by atoms with Crippen LogP contribution in [0.25, 0.3) is 0 Å². The van der Waals surface area contributed by atoms with E-state index in [1.54, 1.807) is 0 Å². The summed E-state index contributed by atoms with van der Waals surface area (Å²) in [6.45, 7) is 4.58. The molecule has 0 amide bonds. The van der Waals surface area contributed by atoms with Gasteiger partial charge in [0.05, 0.1) is 0 Å². The van der Waals surface area contributed by atoms with Crippen LogP contribution in [0.4, 0.5) is 0 Å². The zero-order chi connectivity index (χ0) is 22.4. The fourth-order valence-electron chi connectivity index (χ4n) is 6.49. The maximum absolute atomic E-state index is 4.66. The van der Waals surface area contributed by atoms with E-state index in [0.717, 1.165) is 42.3 Å². The Morgan fingerprint density at radius 2 is 1.12 bits per heavy atom. The maximum atomic E-state index is 4.66. The molecule has 0 bridgehead atoms. The lowest BCUT2D eigenvalue weighted by molar-refractivity contribution is 0.140. The van der Waals surface area contributed by atoms with Gasteiger partial charge >= 0.3 is 0 Å². The van der Waals surface area contributed by atoms with Crippen molar-refractivity contribution in [2.75, 3.05) is 0 Å². The molecule has 2 aliphatic rings. The summed E-state index contributed by atoms with van der Waals surface area (Å²) in [6, 6.07) is 0. The minimum absolute atomic E-state index is 0.915. The lowest BCUT2D eigenvalue weighted by Crippen LogP contribution is -2.26. The van der Waals surface area contributed by atoms with Crippen molar-refractivity contribution < 1.29 is 0 Å². The summed E-state index contributed by atoms with van der Waals surface area (Å²) in [7, 11) is 0. The summed E-state index contributed by atoms with van der Waals surface area (Å²) in [6.07, 6.45) is 32.3. The van der Waals surface area contributed by atoms with Gasteiger partial charge in [0.25, 0.3) is 0 Å². The fourth-order valence-corrected chi connectivity index (χ4v) is 6.49. The van der Waals surface area contributed by atoms with Crippen LogP contribution in [0.15, 0.2) is 12.4 Å². The summed E-state index contributed by atoms with van der Waals surface area (Å²) < 4.78 is 0. The van der Waals surface area contributed by atoms with Crippen molar-refractivity contribution in [3.63, 3.8) is 0 Å². The van der Waals surface area contributed by atoms with Crippen molar-refractivity contribution in [3.05, 3.63) is 23.8 Å². The highest BCUT2D eigenvalue weighted by molar-refractivity contribution is 5.05. The van der Waals surface area contributed by atoms with Crippen LogP contribution in [0, 0.1) is 23.7 Å². The summed E-state index contributed by atoms with van der Waals surface area (Å²) >= 11 is 0. The first-order chi connectivity index (χ1) is 15.8. The summed E-state index contributed by atoms with van der Waals surface area (Å²) in [5.41, 5.74) is 1.31. The smallest absolute Gasteiger partial charge is 0.128 e. The van der Waals surface area contributed by atoms with Gasteiger partial charge in [-0.3, -0.25) is 0 Å². The zero-order valence-electron chi connectivity index (χ0n) is 21.5. The van der Waals surface area contributed by atoms with E-state index >= 15 is 0 Å². The minimum atomic E-state index is 0.915. The number of aryl methyl sites for hydroxylation is 2. The van der Waals surface area contributed by atoms with E-state index in [9.17, 15) is 0 Å². The van der Waals surface area contributed by atoms with E-state index in [1.165, 1.54) is 121 Å². The quantitative estimate of drug-likeness (QED) is 0.269. The Morgan fingerprint density at radius 1 is 0.594 bits per heavy atom. The number of aromatic nitrogens is 2. The highest BCUT2D eigenvalue weighted by Crippen LogP contribution is 2.43. The number of rotatable bonds is 14. The van der Waals surface area contributed by atoms with Crippen LogP contribution < -0.4 is 0 Å². The van der Waals surface area contributed by atoms with Crippen LogP contribution >= 0.6 is 0 Å². The van der Waals surface area contributed by atoms with Crippen LogP contribution in [-0.4, -0.2) is 9.97 Å². The van der Waals surface area contributed by atoms with Crippen molar-refractivity contribution in [3.8, 4) is 0 Å². The molecule has 1 heterocycles. The third kappa shape index (κ3) is 9.14. The first-order valence-electron chi connectivity index (χ1n) is 14.6. The second kappa shape index (κ2) is 15.1. The SMILES string of the molecule is CCCCCCC[C@H]1CC[C@H]([C@H]2CC[C@H](CCc3ncc(CCCCC)cn3)CC2)CC1. The van der Waals surface area contributed by atoms with Crippen molar-refractivity contribution >= 4 is 0 Å². The Hall–Kier alpha value is -0.920. The fraction of sp³-hybridized carbons (Fsp3) is 0.867. The summed E-state index contributed by atoms with van der Waals surface area (Å²) in [5.74, 6) is 5.13. The van der Waals surface area contributed by atoms with Crippen molar-refractivity contribution in [1.82, 2.24) is 9.97 Å². The number of nitrogens with zero attached hydrogens (tertiary/aromatic N) is 2. The van der Waals surface area contributed by atoms with Crippen molar-refractivity contribution in [2.45, 2.75) is 142 Å². The van der Waals surface area contributed by atoms with Gasteiger partial charge < -0.3 is 0 Å². The minimum Gasteiger partial charge on any atom is -0.241 e. The number of hydrogen-bond acceptors (Lipinski definition) is 2. The van der Waals surface area contributed by atoms with E-state index in [2.05, 4.69) is 36.2 Å². The van der Waals surface area contributed by atoms with E-state index in [-0.39, 0.29) is 0 Å². The Balaban J connectivity index is 1.26. The molecule has 32 heavy (non-hydrogen) atoms. The third-order valence-electron chi connectivity index (χ3n) is 8.77. The molecule has 2 fully saturated rings. The Kier molecular flexibility index (Phi) is 12.1. The normalized spacial score (nSPS) is 26.3. The first-order valence-corrected chi connectivity index (χ1v) is 14.6. The van der Waals surface area contributed by atoms with Gasteiger partial charge in [0.2, 0.25) is 0 Å². The van der Waals surface area contributed by atoms with Gasteiger partial charge in [0.1, 0.15) is 5.82 Å². The second-order valence-electron chi connectivity index (χ2n) is 11.3. The molecular weight excluding hydrogens is 388 g/mol. The average Bonchev–Trinajstić information content (AvgIpc) is 2.84. The molecule has 0 N–H and O–H groups in total. The van der Waals surface area contributed by atoms with Crippen molar-refractivity contribution in [2.24, 2.45) is 23.7 Å². The van der Waals surface area contributed by atoms with Crippen LogP contribution in [0.1, 0.15) is 141 Å². The maximum Gasteiger partial charge on any atom is 0.128 e. The van der Waals surface area contributed by atoms with Gasteiger partial charge in [-0.25, -0.2) is 9.97 Å². The first kappa shape index (κ1) is 25.7. The molecule has 0 unspecified atom stereocenters. The van der Waals surface area contributed by atoms with E-state index < -0.39 is 0 Å². The highest BCUT2D eigenvalue weighted by atomic mass is 14.9. The molecule has 0 radical (unpaired) electrons. The van der Waals surface area contributed by atoms with Crippen LogP contribution in [0.5, 0.6) is 0 Å². The largest absolute Gasteiger partial charge is 0.241 e. The molecule has 0 spiro atoms. The van der Waals surface area contributed by atoms with Crippen LogP contribution in [0.2, 0.25) is 0 Å². The lowest BCUT2D eigenvalue weighted by Gasteiger charge is -2.38. The van der Waals surface area contributed by atoms with Gasteiger partial charge in [-0.1, -0.05) is 90.9 Å². The predicted octanol–water partition coefficient (Wildman–Crippen LogP) is 9.12. The van der Waals surface area contributed by atoms with Gasteiger partial charge in [-0.05, 0) is 74.2 Å². The molecule has 2 nitrogen and oxygen atoms in total. The highest BCUT2D eigenvalue weighted by Gasteiger charge is 2.30. The van der Waals surface area contributed by atoms with Gasteiger partial charge in [0, 0.05) is 18.8 Å². The topological polar surface area (TPSA) is 25.8 Å². The van der Waals surface area contributed by atoms with Gasteiger partial charge in [-0.2, -0.15) is 0 Å². The Morgan fingerprint density at radius 3 is 1.72 bits per heavy atom. The third-order valence-corrected chi connectivity index (χ3v) is 8.77. The number of unbranched alkanes of at least 4 members (excludes halogenated alkanes) is 6. The van der Waals surface area contributed by atoms with Crippen LogP contribution in [-0.2, 0) is 12.8 Å². The zero-order valence-corrected chi connectivity index (χ0v) is 21.5. The van der Waals surface area contributed by atoms with E-state index in [4.69, 9.17) is 0 Å². The molecule has 3 rings (SSSR count). The van der Waals surface area contributed by atoms with Gasteiger partial charge in [0.15, 0.2) is 0 Å².